The smallest absolute Gasteiger partial charge is 0.137 e. The van der Waals surface area contributed by atoms with Crippen LogP contribution in [-0.4, -0.2) is 24.5 Å². The van der Waals surface area contributed by atoms with Crippen molar-refractivity contribution in [3.63, 3.8) is 0 Å². The van der Waals surface area contributed by atoms with Gasteiger partial charge in [-0.2, -0.15) is 10.2 Å². The molecule has 0 unspecified atom stereocenters. The van der Waals surface area contributed by atoms with Crippen molar-refractivity contribution >= 4 is 0 Å². The van der Waals surface area contributed by atoms with Gasteiger partial charge in [0.05, 0.1) is 12.2 Å². The molecule has 7 heteroatoms. The molecule has 0 saturated carbocycles. The Hall–Kier alpha value is -3.35. The molecule has 0 bridgehead atoms. The van der Waals surface area contributed by atoms with E-state index in [1.807, 2.05) is 17.8 Å². The van der Waals surface area contributed by atoms with Gasteiger partial charge in [0.1, 0.15) is 24.3 Å². The van der Waals surface area contributed by atoms with E-state index in [-0.39, 0.29) is 5.92 Å². The van der Waals surface area contributed by atoms with Crippen LogP contribution >= 0.6 is 0 Å². The van der Waals surface area contributed by atoms with Crippen molar-refractivity contribution in [3.05, 3.63) is 90.1 Å². The van der Waals surface area contributed by atoms with Gasteiger partial charge >= 0.3 is 0 Å². The van der Waals surface area contributed by atoms with Crippen LogP contribution in [0, 0.1) is 17.0 Å². The lowest BCUT2D eigenvalue weighted by Gasteiger charge is -2.50. The standard InChI is InChI=1S/C26H29F2N5/c1-18(19-6-8-20(9-7-19)24-12-13-30-32(24)5)26(25(2,3)4,15-33-17-29-16-31-33)22-11-10-21(27)14-23(22)28/h6-14,16-18H,15H2,1-5H3/t18-,26+/m0/s1. The normalized spacial score (nSPS) is 14.8. The van der Waals surface area contributed by atoms with Gasteiger partial charge in [0.25, 0.3) is 0 Å². The minimum Gasteiger partial charge on any atom is -0.268 e. The number of hydrogen-bond acceptors (Lipinski definition) is 3. The highest BCUT2D eigenvalue weighted by molar-refractivity contribution is 5.59. The number of aromatic nitrogens is 5. The zero-order valence-corrected chi connectivity index (χ0v) is 19.6. The number of hydrogen-bond donors (Lipinski definition) is 0. The van der Waals surface area contributed by atoms with E-state index < -0.39 is 22.5 Å². The van der Waals surface area contributed by atoms with Gasteiger partial charge in [0, 0.05) is 24.7 Å². The van der Waals surface area contributed by atoms with Crippen molar-refractivity contribution in [2.45, 2.75) is 45.6 Å². The van der Waals surface area contributed by atoms with Crippen molar-refractivity contribution < 1.29 is 8.78 Å². The molecule has 33 heavy (non-hydrogen) atoms. The molecule has 4 aromatic rings. The van der Waals surface area contributed by atoms with Crippen LogP contribution in [-0.2, 0) is 19.0 Å². The molecule has 0 saturated heterocycles. The molecule has 0 N–H and O–H groups in total. The summed E-state index contributed by atoms with van der Waals surface area (Å²) >= 11 is 0. The topological polar surface area (TPSA) is 48.5 Å². The highest BCUT2D eigenvalue weighted by Gasteiger charge is 2.50. The lowest BCUT2D eigenvalue weighted by Crippen LogP contribution is -2.48. The van der Waals surface area contributed by atoms with E-state index in [2.05, 4.69) is 67.1 Å². The Labute approximate surface area is 193 Å². The van der Waals surface area contributed by atoms with E-state index in [9.17, 15) is 4.39 Å². The molecule has 0 fully saturated rings. The first kappa shape index (κ1) is 22.8. The number of halogens is 2. The summed E-state index contributed by atoms with van der Waals surface area (Å²) in [6.07, 6.45) is 4.88. The first-order valence-electron chi connectivity index (χ1n) is 11.0. The minimum atomic E-state index is -0.744. The average Bonchev–Trinajstić information content (AvgIpc) is 3.43. The van der Waals surface area contributed by atoms with Gasteiger partial charge in [-0.25, -0.2) is 13.8 Å². The van der Waals surface area contributed by atoms with E-state index in [4.69, 9.17) is 0 Å². The molecule has 2 heterocycles. The third-order valence-corrected chi connectivity index (χ3v) is 6.89. The maximum Gasteiger partial charge on any atom is 0.137 e. The fraction of sp³-hybridized carbons (Fsp3) is 0.346. The lowest BCUT2D eigenvalue weighted by atomic mass is 9.55. The highest BCUT2D eigenvalue weighted by Crippen LogP contribution is 2.53. The second-order valence-electron chi connectivity index (χ2n) is 9.62. The van der Waals surface area contributed by atoms with E-state index in [0.717, 1.165) is 22.9 Å². The fourth-order valence-electron chi connectivity index (χ4n) is 5.05. The molecule has 0 aliphatic heterocycles. The van der Waals surface area contributed by atoms with E-state index >= 15 is 4.39 Å². The molecule has 0 amide bonds. The molecule has 172 valence electrons. The van der Waals surface area contributed by atoms with Gasteiger partial charge in [-0.05, 0) is 40.2 Å². The molecule has 0 spiro atoms. The Bertz CT molecular complexity index is 1220. The Morgan fingerprint density at radius 1 is 0.970 bits per heavy atom. The molecular formula is C26H29F2N5. The summed E-state index contributed by atoms with van der Waals surface area (Å²) in [5.74, 6) is -1.27. The predicted molar refractivity (Wildman–Crippen MR) is 125 cm³/mol. The maximum atomic E-state index is 15.4. The predicted octanol–water partition coefficient (Wildman–Crippen LogP) is 5.74. The summed E-state index contributed by atoms with van der Waals surface area (Å²) < 4.78 is 32.8. The van der Waals surface area contributed by atoms with Gasteiger partial charge in [0.2, 0.25) is 0 Å². The first-order valence-corrected chi connectivity index (χ1v) is 11.0. The Morgan fingerprint density at radius 3 is 2.24 bits per heavy atom. The number of nitrogens with zero attached hydrogens (tertiary/aromatic N) is 5. The summed E-state index contributed by atoms with van der Waals surface area (Å²) in [5.41, 5.74) is 2.44. The van der Waals surface area contributed by atoms with Crippen LogP contribution in [0.5, 0.6) is 0 Å². The maximum absolute atomic E-state index is 15.4. The molecule has 2 atom stereocenters. The summed E-state index contributed by atoms with van der Waals surface area (Å²) in [6, 6.07) is 14.1. The van der Waals surface area contributed by atoms with Gasteiger partial charge in [-0.15, -0.1) is 0 Å². The molecule has 2 aromatic carbocycles. The summed E-state index contributed by atoms with van der Waals surface area (Å²) in [7, 11) is 1.91. The Kier molecular flexibility index (Phi) is 5.91. The van der Waals surface area contributed by atoms with Crippen molar-refractivity contribution in [1.82, 2.24) is 24.5 Å². The van der Waals surface area contributed by atoms with Gasteiger partial charge in [-0.1, -0.05) is 58.0 Å². The SMILES string of the molecule is C[C@@H](c1ccc(-c2ccnn2C)cc1)[C@](Cn1cncn1)(c1ccc(F)cc1F)C(C)(C)C. The lowest BCUT2D eigenvalue weighted by molar-refractivity contribution is 0.115. The molecular weight excluding hydrogens is 420 g/mol. The van der Waals surface area contributed by atoms with Crippen molar-refractivity contribution in [1.29, 1.82) is 0 Å². The van der Waals surface area contributed by atoms with Crippen LogP contribution in [0.15, 0.2) is 67.4 Å². The quantitative estimate of drug-likeness (QED) is 0.377. The van der Waals surface area contributed by atoms with Gasteiger partial charge in [-0.3, -0.25) is 9.36 Å². The van der Waals surface area contributed by atoms with E-state index in [1.165, 1.54) is 12.4 Å². The van der Waals surface area contributed by atoms with Crippen molar-refractivity contribution in [3.8, 4) is 11.3 Å². The molecule has 4 rings (SSSR count). The molecule has 5 nitrogen and oxygen atoms in total. The number of benzene rings is 2. The minimum absolute atomic E-state index is 0.123. The van der Waals surface area contributed by atoms with Crippen LogP contribution < -0.4 is 0 Å². The summed E-state index contributed by atoms with van der Waals surface area (Å²) in [4.78, 5) is 4.09. The van der Waals surface area contributed by atoms with Crippen LogP contribution in [0.4, 0.5) is 8.78 Å². The van der Waals surface area contributed by atoms with Crippen molar-refractivity contribution in [2.75, 3.05) is 0 Å². The van der Waals surface area contributed by atoms with E-state index in [1.54, 1.807) is 23.3 Å². The largest absolute Gasteiger partial charge is 0.268 e. The first-order chi connectivity index (χ1) is 15.6. The van der Waals surface area contributed by atoms with Crippen LogP contribution in [0.2, 0.25) is 0 Å². The highest BCUT2D eigenvalue weighted by atomic mass is 19.1. The Balaban J connectivity index is 1.87. The fourth-order valence-corrected chi connectivity index (χ4v) is 5.05. The van der Waals surface area contributed by atoms with Gasteiger partial charge < -0.3 is 0 Å². The summed E-state index contributed by atoms with van der Waals surface area (Å²) in [5, 5.41) is 8.57. The molecule has 0 aliphatic carbocycles. The van der Waals surface area contributed by atoms with Crippen LogP contribution in [0.1, 0.15) is 44.7 Å². The molecule has 0 radical (unpaired) electrons. The van der Waals surface area contributed by atoms with Gasteiger partial charge in [0.15, 0.2) is 0 Å². The second-order valence-corrected chi connectivity index (χ2v) is 9.62. The molecule has 2 aromatic heterocycles. The second kappa shape index (κ2) is 8.54. The number of rotatable bonds is 6. The average molecular weight is 450 g/mol. The number of aryl methyl sites for hydroxylation is 1. The third kappa shape index (κ3) is 4.08. The van der Waals surface area contributed by atoms with E-state index in [0.29, 0.717) is 12.1 Å². The van der Waals surface area contributed by atoms with Crippen LogP contribution in [0.25, 0.3) is 11.3 Å². The zero-order valence-electron chi connectivity index (χ0n) is 19.6. The third-order valence-electron chi connectivity index (χ3n) is 6.89. The van der Waals surface area contributed by atoms with Crippen molar-refractivity contribution in [2.24, 2.45) is 12.5 Å². The Morgan fingerprint density at radius 2 is 1.70 bits per heavy atom. The molecule has 0 aliphatic rings. The monoisotopic (exact) mass is 449 g/mol. The zero-order chi connectivity index (χ0) is 23.8. The summed E-state index contributed by atoms with van der Waals surface area (Å²) in [6.45, 7) is 8.77. The van der Waals surface area contributed by atoms with Crippen LogP contribution in [0.3, 0.4) is 0 Å².